The number of benzene rings is 2. The summed E-state index contributed by atoms with van der Waals surface area (Å²) in [6.45, 7) is 2.08. The Hall–Kier alpha value is -2.40. The van der Waals surface area contributed by atoms with E-state index in [1.54, 1.807) is 0 Å². The van der Waals surface area contributed by atoms with Crippen LogP contribution in [-0.2, 0) is 16.1 Å². The molecule has 0 bridgehead atoms. The Labute approximate surface area is 153 Å². The lowest BCUT2D eigenvalue weighted by Crippen LogP contribution is -2.56. The summed E-state index contributed by atoms with van der Waals surface area (Å²) in [5, 5.41) is 8.36. The van der Waals surface area contributed by atoms with Gasteiger partial charge in [-0.05, 0) is 41.7 Å². The van der Waals surface area contributed by atoms with Gasteiger partial charge in [0.15, 0.2) is 0 Å². The van der Waals surface area contributed by atoms with E-state index in [9.17, 15) is 9.59 Å². The Morgan fingerprint density at radius 1 is 1.15 bits per heavy atom. The molecular weight excluding hydrogens is 326 g/mol. The normalized spacial score (nSPS) is 21.2. The molecule has 2 aromatic rings. The Balaban J connectivity index is 1.46. The SMILES string of the molecule is O=C(C[C@H]1C(=O)NCCN1Cc1ccc2ccccc2c1)NC1CCC1. The van der Waals surface area contributed by atoms with Gasteiger partial charge in [-0.1, -0.05) is 36.4 Å². The second-order valence-corrected chi connectivity index (χ2v) is 7.36. The van der Waals surface area contributed by atoms with E-state index in [1.165, 1.54) is 22.8 Å². The third kappa shape index (κ3) is 3.73. The molecule has 1 aliphatic carbocycles. The molecule has 5 heteroatoms. The quantitative estimate of drug-likeness (QED) is 0.868. The minimum atomic E-state index is -0.393. The number of carbonyl (C=O) groups is 2. The zero-order valence-electron chi connectivity index (χ0n) is 14.9. The molecule has 4 rings (SSSR count). The van der Waals surface area contributed by atoms with Crippen molar-refractivity contribution in [3.63, 3.8) is 0 Å². The van der Waals surface area contributed by atoms with E-state index in [2.05, 4.69) is 45.9 Å². The molecule has 0 spiro atoms. The Bertz CT molecular complexity index is 816. The highest BCUT2D eigenvalue weighted by Gasteiger charge is 2.32. The van der Waals surface area contributed by atoms with E-state index in [-0.39, 0.29) is 18.2 Å². The highest BCUT2D eigenvalue weighted by atomic mass is 16.2. The van der Waals surface area contributed by atoms with Gasteiger partial charge in [-0.3, -0.25) is 14.5 Å². The lowest BCUT2D eigenvalue weighted by Gasteiger charge is -2.35. The van der Waals surface area contributed by atoms with Gasteiger partial charge in [0.2, 0.25) is 11.8 Å². The monoisotopic (exact) mass is 351 g/mol. The first-order chi connectivity index (χ1) is 12.7. The lowest BCUT2D eigenvalue weighted by atomic mass is 9.93. The molecule has 0 radical (unpaired) electrons. The molecule has 0 aromatic heterocycles. The second kappa shape index (κ2) is 7.46. The summed E-state index contributed by atoms with van der Waals surface area (Å²) in [6, 6.07) is 14.6. The first-order valence-corrected chi connectivity index (χ1v) is 9.48. The molecule has 26 heavy (non-hydrogen) atoms. The predicted octanol–water partition coefficient (Wildman–Crippen LogP) is 2.20. The van der Waals surface area contributed by atoms with Crippen LogP contribution in [0.2, 0.25) is 0 Å². The first-order valence-electron chi connectivity index (χ1n) is 9.48. The number of hydrogen-bond acceptors (Lipinski definition) is 3. The molecule has 1 saturated carbocycles. The lowest BCUT2D eigenvalue weighted by molar-refractivity contribution is -0.134. The van der Waals surface area contributed by atoms with E-state index in [1.807, 2.05) is 12.1 Å². The van der Waals surface area contributed by atoms with Gasteiger partial charge in [0, 0.05) is 25.7 Å². The zero-order chi connectivity index (χ0) is 17.9. The smallest absolute Gasteiger partial charge is 0.237 e. The van der Waals surface area contributed by atoms with Crippen LogP contribution in [0.4, 0.5) is 0 Å². The number of nitrogens with one attached hydrogen (secondary N) is 2. The van der Waals surface area contributed by atoms with E-state index >= 15 is 0 Å². The average molecular weight is 351 g/mol. The molecular formula is C21H25N3O2. The number of carbonyl (C=O) groups excluding carboxylic acids is 2. The van der Waals surface area contributed by atoms with Gasteiger partial charge in [-0.25, -0.2) is 0 Å². The van der Waals surface area contributed by atoms with E-state index in [0.29, 0.717) is 19.1 Å². The molecule has 2 N–H and O–H groups in total. The summed E-state index contributed by atoms with van der Waals surface area (Å²) in [6.07, 6.45) is 3.53. The third-order valence-corrected chi connectivity index (χ3v) is 5.49. The topological polar surface area (TPSA) is 61.4 Å². The van der Waals surface area contributed by atoms with Crippen LogP contribution in [0.3, 0.4) is 0 Å². The van der Waals surface area contributed by atoms with Crippen molar-refractivity contribution in [3.8, 4) is 0 Å². The van der Waals surface area contributed by atoms with Crippen LogP contribution in [-0.4, -0.2) is 41.9 Å². The first kappa shape index (κ1) is 17.0. The van der Waals surface area contributed by atoms with E-state index in [4.69, 9.17) is 0 Å². The molecule has 1 aliphatic heterocycles. The summed E-state index contributed by atoms with van der Waals surface area (Å²) in [4.78, 5) is 26.8. The van der Waals surface area contributed by atoms with Crippen molar-refractivity contribution in [2.45, 2.75) is 44.3 Å². The van der Waals surface area contributed by atoms with Crippen molar-refractivity contribution in [1.29, 1.82) is 0 Å². The summed E-state index contributed by atoms with van der Waals surface area (Å²) >= 11 is 0. The standard InChI is InChI=1S/C21H25N3O2/c25-20(23-18-6-3-7-18)13-19-21(26)22-10-11-24(19)14-15-8-9-16-4-1-2-5-17(16)12-15/h1-2,4-5,8-9,12,18-19H,3,6-7,10-11,13-14H2,(H,22,26)(H,23,25)/t19-/m0/s1. The van der Waals surface area contributed by atoms with E-state index in [0.717, 1.165) is 19.4 Å². The minimum Gasteiger partial charge on any atom is -0.353 e. The number of rotatable bonds is 5. The Morgan fingerprint density at radius 3 is 2.73 bits per heavy atom. The summed E-state index contributed by atoms with van der Waals surface area (Å²) in [5.74, 6) is -0.0546. The van der Waals surface area contributed by atoms with Gasteiger partial charge in [0.1, 0.15) is 0 Å². The fraction of sp³-hybridized carbons (Fsp3) is 0.429. The molecule has 2 aromatic carbocycles. The summed E-state index contributed by atoms with van der Waals surface area (Å²) < 4.78 is 0. The largest absolute Gasteiger partial charge is 0.353 e. The Morgan fingerprint density at radius 2 is 1.96 bits per heavy atom. The predicted molar refractivity (Wildman–Crippen MR) is 102 cm³/mol. The van der Waals surface area contributed by atoms with Crippen LogP contribution in [0.25, 0.3) is 10.8 Å². The van der Waals surface area contributed by atoms with Gasteiger partial charge < -0.3 is 10.6 Å². The van der Waals surface area contributed by atoms with Crippen LogP contribution in [0.15, 0.2) is 42.5 Å². The number of amides is 2. The number of fused-ring (bicyclic) bond motifs is 1. The zero-order valence-corrected chi connectivity index (χ0v) is 14.9. The fourth-order valence-electron chi connectivity index (χ4n) is 3.76. The average Bonchev–Trinajstić information content (AvgIpc) is 2.61. The van der Waals surface area contributed by atoms with Gasteiger partial charge in [0.05, 0.1) is 12.5 Å². The summed E-state index contributed by atoms with van der Waals surface area (Å²) in [5.41, 5.74) is 1.17. The van der Waals surface area contributed by atoms with Crippen molar-refractivity contribution in [3.05, 3.63) is 48.0 Å². The highest BCUT2D eigenvalue weighted by molar-refractivity contribution is 5.89. The summed E-state index contributed by atoms with van der Waals surface area (Å²) in [7, 11) is 0. The van der Waals surface area contributed by atoms with Crippen LogP contribution in [0.1, 0.15) is 31.2 Å². The van der Waals surface area contributed by atoms with E-state index < -0.39 is 6.04 Å². The van der Waals surface area contributed by atoms with Gasteiger partial charge in [-0.15, -0.1) is 0 Å². The van der Waals surface area contributed by atoms with Gasteiger partial charge in [0.25, 0.3) is 0 Å². The van der Waals surface area contributed by atoms with Crippen molar-refractivity contribution in [2.24, 2.45) is 0 Å². The molecule has 2 fully saturated rings. The number of hydrogen-bond donors (Lipinski definition) is 2. The maximum absolute atomic E-state index is 12.4. The third-order valence-electron chi connectivity index (χ3n) is 5.49. The Kier molecular flexibility index (Phi) is 4.89. The van der Waals surface area contributed by atoms with Crippen LogP contribution in [0.5, 0.6) is 0 Å². The minimum absolute atomic E-state index is 0.0136. The van der Waals surface area contributed by atoms with Gasteiger partial charge >= 0.3 is 0 Å². The molecule has 1 atom stereocenters. The van der Waals surface area contributed by atoms with Crippen molar-refractivity contribution < 1.29 is 9.59 Å². The number of piperazine rings is 1. The van der Waals surface area contributed by atoms with Crippen LogP contribution in [0, 0.1) is 0 Å². The fourth-order valence-corrected chi connectivity index (χ4v) is 3.76. The van der Waals surface area contributed by atoms with Crippen LogP contribution >= 0.6 is 0 Å². The molecule has 1 heterocycles. The van der Waals surface area contributed by atoms with Crippen LogP contribution < -0.4 is 10.6 Å². The molecule has 5 nitrogen and oxygen atoms in total. The van der Waals surface area contributed by atoms with Crippen molar-refractivity contribution in [2.75, 3.05) is 13.1 Å². The second-order valence-electron chi connectivity index (χ2n) is 7.36. The molecule has 0 unspecified atom stereocenters. The molecule has 2 amide bonds. The molecule has 1 saturated heterocycles. The molecule has 2 aliphatic rings. The van der Waals surface area contributed by atoms with Crippen molar-refractivity contribution >= 4 is 22.6 Å². The number of nitrogens with zero attached hydrogens (tertiary/aromatic N) is 1. The maximum atomic E-state index is 12.4. The maximum Gasteiger partial charge on any atom is 0.237 e. The molecule has 136 valence electrons. The van der Waals surface area contributed by atoms with Gasteiger partial charge in [-0.2, -0.15) is 0 Å². The van der Waals surface area contributed by atoms with Crippen molar-refractivity contribution in [1.82, 2.24) is 15.5 Å². The highest BCUT2D eigenvalue weighted by Crippen LogP contribution is 2.21.